The van der Waals surface area contributed by atoms with Gasteiger partial charge in [0, 0.05) is 17.7 Å². The molecule has 1 amide bonds. The van der Waals surface area contributed by atoms with Crippen molar-refractivity contribution >= 4 is 35.2 Å². The topological polar surface area (TPSA) is 100.0 Å². The van der Waals surface area contributed by atoms with Crippen LogP contribution in [0.1, 0.15) is 56.4 Å². The van der Waals surface area contributed by atoms with Crippen molar-refractivity contribution in [3.05, 3.63) is 23.2 Å². The van der Waals surface area contributed by atoms with E-state index in [0.29, 0.717) is 29.7 Å². The molecular weight excluding hydrogens is 400 g/mol. The first-order valence-electron chi connectivity index (χ1n) is 9.46. The lowest BCUT2D eigenvalue weighted by atomic mass is 9.94. The van der Waals surface area contributed by atoms with Crippen LogP contribution >= 0.6 is 23.1 Å². The molecule has 1 aliphatic heterocycles. The third-order valence-electron chi connectivity index (χ3n) is 4.51. The van der Waals surface area contributed by atoms with Gasteiger partial charge in [0.25, 0.3) is 0 Å². The number of carbonyl (C=O) groups is 2. The van der Waals surface area contributed by atoms with Gasteiger partial charge in [-0.1, -0.05) is 50.1 Å². The highest BCUT2D eigenvalue weighted by Crippen LogP contribution is 2.24. The summed E-state index contributed by atoms with van der Waals surface area (Å²) < 4.78 is 5.82. The highest BCUT2D eigenvalue weighted by molar-refractivity contribution is 8.01. The molecule has 0 saturated carbocycles. The quantitative estimate of drug-likeness (QED) is 0.294. The molecule has 0 radical (unpaired) electrons. The zero-order valence-electron chi connectivity index (χ0n) is 16.3. The lowest BCUT2D eigenvalue weighted by Gasteiger charge is -2.22. The number of hydrogen-bond acceptors (Lipinski definition) is 7. The molecule has 7 nitrogen and oxygen atoms in total. The van der Waals surface area contributed by atoms with Crippen molar-refractivity contribution in [2.24, 2.45) is 0 Å². The molecule has 2 atom stereocenters. The van der Waals surface area contributed by atoms with E-state index in [1.165, 1.54) is 28.5 Å². The highest BCUT2D eigenvalue weighted by Gasteiger charge is 2.31. The Morgan fingerprint density at radius 3 is 3.00 bits per heavy atom. The van der Waals surface area contributed by atoms with Crippen LogP contribution in [0.4, 0.5) is 4.79 Å². The fourth-order valence-corrected chi connectivity index (χ4v) is 4.68. The van der Waals surface area contributed by atoms with Gasteiger partial charge < -0.3 is 14.9 Å². The SMILES string of the molecule is CCCCCC(C)(O)CC=CC1COC(=O)N1CCSc1nc(C(=O)O)cs1. The summed E-state index contributed by atoms with van der Waals surface area (Å²) in [5.74, 6) is -0.442. The molecule has 2 heterocycles. The standard InChI is InChI=1S/C19H28N2O5S2/c1-3-4-5-8-19(2,25)9-6-7-14-12-26-18(24)21(14)10-11-27-17-20-15(13-28-17)16(22)23/h6-7,13-14,25H,3-5,8-12H2,1-2H3,(H,22,23). The molecule has 1 saturated heterocycles. The van der Waals surface area contributed by atoms with Crippen LogP contribution in [0.3, 0.4) is 0 Å². The molecule has 0 spiro atoms. The summed E-state index contributed by atoms with van der Waals surface area (Å²) >= 11 is 2.70. The molecule has 1 aliphatic rings. The first kappa shape index (κ1) is 22.7. The van der Waals surface area contributed by atoms with Crippen LogP contribution in [0.5, 0.6) is 0 Å². The molecule has 156 valence electrons. The molecule has 0 bridgehead atoms. The van der Waals surface area contributed by atoms with Crippen molar-refractivity contribution in [1.82, 2.24) is 9.88 Å². The van der Waals surface area contributed by atoms with Gasteiger partial charge in [0.2, 0.25) is 0 Å². The predicted octanol–water partition coefficient (Wildman–Crippen LogP) is 4.03. The number of unbranched alkanes of at least 4 members (excludes halogenated alkanes) is 2. The number of hydrogen-bond donors (Lipinski definition) is 2. The smallest absolute Gasteiger partial charge is 0.410 e. The van der Waals surface area contributed by atoms with Crippen molar-refractivity contribution in [2.45, 2.75) is 61.9 Å². The van der Waals surface area contributed by atoms with Crippen molar-refractivity contribution in [2.75, 3.05) is 18.9 Å². The van der Waals surface area contributed by atoms with Crippen LogP contribution in [-0.2, 0) is 4.74 Å². The number of thioether (sulfide) groups is 1. The number of amides is 1. The maximum atomic E-state index is 12.0. The second-order valence-corrected chi connectivity index (χ2v) is 9.28. The van der Waals surface area contributed by atoms with E-state index in [1.54, 1.807) is 4.90 Å². The van der Waals surface area contributed by atoms with Crippen molar-refractivity contribution < 1.29 is 24.5 Å². The molecular formula is C19H28N2O5S2. The number of nitrogens with zero attached hydrogens (tertiary/aromatic N) is 2. The van der Waals surface area contributed by atoms with E-state index in [9.17, 15) is 14.7 Å². The summed E-state index contributed by atoms with van der Waals surface area (Å²) in [6.07, 6.45) is 8.05. The molecule has 1 fully saturated rings. The van der Waals surface area contributed by atoms with Crippen molar-refractivity contribution in [3.8, 4) is 0 Å². The molecule has 2 unspecified atom stereocenters. The Balaban J connectivity index is 1.80. The number of rotatable bonds is 12. The van der Waals surface area contributed by atoms with Crippen LogP contribution in [0, 0.1) is 0 Å². The van der Waals surface area contributed by atoms with Crippen LogP contribution in [0.25, 0.3) is 0 Å². The molecule has 0 aliphatic carbocycles. The van der Waals surface area contributed by atoms with E-state index in [0.717, 1.165) is 25.7 Å². The number of cyclic esters (lactones) is 1. The minimum atomic E-state index is -1.04. The second kappa shape index (κ2) is 10.8. The maximum Gasteiger partial charge on any atom is 0.410 e. The Hall–Kier alpha value is -1.58. The Labute approximate surface area is 173 Å². The average Bonchev–Trinajstić information content (AvgIpc) is 3.23. The molecule has 2 rings (SSSR count). The van der Waals surface area contributed by atoms with Crippen LogP contribution in [0.2, 0.25) is 0 Å². The van der Waals surface area contributed by atoms with E-state index in [1.807, 2.05) is 19.1 Å². The summed E-state index contributed by atoms with van der Waals surface area (Å²) in [5.41, 5.74) is -0.692. The molecule has 9 heteroatoms. The first-order valence-corrected chi connectivity index (χ1v) is 11.3. The highest BCUT2D eigenvalue weighted by atomic mass is 32.2. The number of aromatic carboxylic acids is 1. The Morgan fingerprint density at radius 2 is 2.32 bits per heavy atom. The largest absolute Gasteiger partial charge is 0.476 e. The number of carbonyl (C=O) groups excluding carboxylic acids is 1. The fraction of sp³-hybridized carbons (Fsp3) is 0.632. The number of aliphatic hydroxyl groups is 1. The predicted molar refractivity (Wildman–Crippen MR) is 110 cm³/mol. The zero-order chi connectivity index (χ0) is 20.6. The fourth-order valence-electron chi connectivity index (χ4n) is 2.87. The third-order valence-corrected chi connectivity index (χ3v) is 6.51. The van der Waals surface area contributed by atoms with Gasteiger partial charge in [-0.3, -0.25) is 4.90 Å². The van der Waals surface area contributed by atoms with Gasteiger partial charge >= 0.3 is 12.1 Å². The van der Waals surface area contributed by atoms with Crippen LogP contribution in [-0.4, -0.2) is 62.7 Å². The summed E-state index contributed by atoms with van der Waals surface area (Å²) in [6.45, 7) is 4.76. The Bertz CT molecular complexity index is 690. The summed E-state index contributed by atoms with van der Waals surface area (Å²) in [5, 5.41) is 20.8. The van der Waals surface area contributed by atoms with Crippen LogP contribution in [0.15, 0.2) is 21.9 Å². The van der Waals surface area contributed by atoms with Gasteiger partial charge in [-0.15, -0.1) is 11.3 Å². The normalized spacial score (nSPS) is 19.2. The van der Waals surface area contributed by atoms with Crippen LogP contribution < -0.4 is 0 Å². The van der Waals surface area contributed by atoms with Gasteiger partial charge in [0.1, 0.15) is 6.61 Å². The minimum absolute atomic E-state index is 0.0416. The van der Waals surface area contributed by atoms with Gasteiger partial charge in [-0.05, 0) is 19.8 Å². The summed E-state index contributed by atoms with van der Waals surface area (Å²) in [4.78, 5) is 28.5. The molecule has 2 N–H and O–H groups in total. The lowest BCUT2D eigenvalue weighted by Crippen LogP contribution is -2.34. The molecule has 28 heavy (non-hydrogen) atoms. The average molecular weight is 429 g/mol. The second-order valence-electron chi connectivity index (χ2n) is 7.08. The number of thiazole rings is 1. The number of ether oxygens (including phenoxy) is 1. The summed E-state index contributed by atoms with van der Waals surface area (Å²) in [6, 6.07) is -0.148. The molecule has 0 aromatic carbocycles. The Morgan fingerprint density at radius 1 is 1.54 bits per heavy atom. The summed E-state index contributed by atoms with van der Waals surface area (Å²) in [7, 11) is 0. The Kier molecular flexibility index (Phi) is 8.78. The van der Waals surface area contributed by atoms with Gasteiger partial charge in [0.15, 0.2) is 10.0 Å². The monoisotopic (exact) mass is 428 g/mol. The third kappa shape index (κ3) is 7.10. The van der Waals surface area contributed by atoms with Crippen molar-refractivity contribution in [3.63, 3.8) is 0 Å². The van der Waals surface area contributed by atoms with Crippen molar-refractivity contribution in [1.29, 1.82) is 0 Å². The molecule has 1 aromatic rings. The van der Waals surface area contributed by atoms with E-state index < -0.39 is 11.6 Å². The van der Waals surface area contributed by atoms with E-state index in [-0.39, 0.29) is 17.8 Å². The number of carboxylic acid groups (broad SMARTS) is 1. The van der Waals surface area contributed by atoms with Gasteiger partial charge in [-0.25, -0.2) is 14.6 Å². The molecule has 1 aromatic heterocycles. The van der Waals surface area contributed by atoms with Gasteiger partial charge in [-0.2, -0.15) is 0 Å². The first-order chi connectivity index (χ1) is 13.3. The number of carboxylic acids is 1. The van der Waals surface area contributed by atoms with E-state index in [2.05, 4.69) is 11.9 Å². The minimum Gasteiger partial charge on any atom is -0.476 e. The maximum absolute atomic E-state index is 12.0. The van der Waals surface area contributed by atoms with Gasteiger partial charge in [0.05, 0.1) is 11.6 Å². The number of aromatic nitrogens is 1. The van der Waals surface area contributed by atoms with E-state index in [4.69, 9.17) is 9.84 Å². The lowest BCUT2D eigenvalue weighted by molar-refractivity contribution is 0.0511. The zero-order valence-corrected chi connectivity index (χ0v) is 17.9. The van der Waals surface area contributed by atoms with E-state index >= 15 is 0 Å².